The second-order valence-electron chi connectivity index (χ2n) is 4.93. The zero-order valence-corrected chi connectivity index (χ0v) is 14.0. The average Bonchev–Trinajstić information content (AvgIpc) is 2.54. The van der Waals surface area contributed by atoms with Crippen LogP contribution in [0.5, 0.6) is 5.75 Å². The van der Waals surface area contributed by atoms with E-state index in [1.54, 1.807) is 12.1 Å². The SMILES string of the molecule is CCOc1ccccc1-c1cc(C(=O)[O-])c2cc(Br)ccc2n1. The van der Waals surface area contributed by atoms with Crippen LogP contribution in [-0.4, -0.2) is 17.6 Å². The van der Waals surface area contributed by atoms with Gasteiger partial charge in [-0.25, -0.2) is 4.98 Å². The van der Waals surface area contributed by atoms with Gasteiger partial charge in [-0.1, -0.05) is 28.1 Å². The molecule has 0 unspecified atom stereocenters. The number of carbonyl (C=O) groups excluding carboxylic acids is 1. The van der Waals surface area contributed by atoms with Crippen molar-refractivity contribution in [3.8, 4) is 17.0 Å². The van der Waals surface area contributed by atoms with Crippen LogP contribution >= 0.6 is 15.9 Å². The van der Waals surface area contributed by atoms with Crippen molar-refractivity contribution in [2.45, 2.75) is 6.92 Å². The first-order chi connectivity index (χ1) is 11.1. The molecule has 0 N–H and O–H groups in total. The summed E-state index contributed by atoms with van der Waals surface area (Å²) in [4.78, 5) is 16.1. The maximum absolute atomic E-state index is 11.5. The van der Waals surface area contributed by atoms with E-state index in [1.807, 2.05) is 37.3 Å². The quantitative estimate of drug-likeness (QED) is 0.705. The van der Waals surface area contributed by atoms with Crippen LogP contribution < -0.4 is 9.84 Å². The van der Waals surface area contributed by atoms with Crippen LogP contribution in [0.15, 0.2) is 53.0 Å². The van der Waals surface area contributed by atoms with E-state index in [0.29, 0.717) is 29.0 Å². The molecule has 0 aliphatic carbocycles. The Bertz CT molecular complexity index is 893. The molecule has 0 bridgehead atoms. The minimum absolute atomic E-state index is 0.109. The number of rotatable bonds is 4. The van der Waals surface area contributed by atoms with E-state index in [9.17, 15) is 9.90 Å². The molecule has 0 saturated carbocycles. The zero-order valence-electron chi connectivity index (χ0n) is 12.4. The highest BCUT2D eigenvalue weighted by Gasteiger charge is 2.12. The second kappa shape index (κ2) is 6.38. The van der Waals surface area contributed by atoms with Crippen LogP contribution in [0.1, 0.15) is 17.3 Å². The van der Waals surface area contributed by atoms with Gasteiger partial charge in [0.25, 0.3) is 0 Å². The number of para-hydroxylation sites is 1. The third-order valence-corrected chi connectivity index (χ3v) is 3.95. The summed E-state index contributed by atoms with van der Waals surface area (Å²) in [5, 5.41) is 12.1. The fraction of sp³-hybridized carbons (Fsp3) is 0.111. The molecule has 0 spiro atoms. The molecule has 116 valence electrons. The summed E-state index contributed by atoms with van der Waals surface area (Å²) in [6.45, 7) is 2.42. The minimum Gasteiger partial charge on any atom is -0.545 e. The monoisotopic (exact) mass is 370 g/mol. The lowest BCUT2D eigenvalue weighted by atomic mass is 10.0. The Morgan fingerprint density at radius 3 is 2.74 bits per heavy atom. The van der Waals surface area contributed by atoms with Crippen molar-refractivity contribution in [3.05, 3.63) is 58.6 Å². The molecule has 5 heteroatoms. The zero-order chi connectivity index (χ0) is 16.4. The number of aromatic nitrogens is 1. The summed E-state index contributed by atoms with van der Waals surface area (Å²) in [6, 6.07) is 14.3. The fourth-order valence-electron chi connectivity index (χ4n) is 2.46. The minimum atomic E-state index is -1.23. The number of carboxylic acids is 1. The van der Waals surface area contributed by atoms with Crippen LogP contribution in [0.3, 0.4) is 0 Å². The third-order valence-electron chi connectivity index (χ3n) is 3.45. The molecule has 0 aliphatic rings. The number of hydrogen-bond acceptors (Lipinski definition) is 4. The summed E-state index contributed by atoms with van der Waals surface area (Å²) in [5.41, 5.74) is 2.00. The van der Waals surface area contributed by atoms with Crippen molar-refractivity contribution in [3.63, 3.8) is 0 Å². The maximum Gasteiger partial charge on any atom is 0.128 e. The Labute approximate surface area is 141 Å². The van der Waals surface area contributed by atoms with Gasteiger partial charge < -0.3 is 14.6 Å². The van der Waals surface area contributed by atoms with E-state index in [4.69, 9.17) is 4.74 Å². The van der Waals surface area contributed by atoms with Crippen molar-refractivity contribution in [1.29, 1.82) is 0 Å². The van der Waals surface area contributed by atoms with E-state index >= 15 is 0 Å². The number of carboxylic acid groups (broad SMARTS) is 1. The van der Waals surface area contributed by atoms with Gasteiger partial charge in [0.15, 0.2) is 0 Å². The molecule has 1 heterocycles. The number of halogens is 1. The number of aromatic carboxylic acids is 1. The molecule has 0 radical (unpaired) electrons. The predicted molar refractivity (Wildman–Crippen MR) is 90.4 cm³/mol. The van der Waals surface area contributed by atoms with Crippen molar-refractivity contribution in [1.82, 2.24) is 4.98 Å². The van der Waals surface area contributed by atoms with Gasteiger partial charge in [-0.05, 0) is 43.3 Å². The molecule has 4 nitrogen and oxygen atoms in total. The predicted octanol–water partition coefficient (Wildman–Crippen LogP) is 3.43. The van der Waals surface area contributed by atoms with E-state index in [2.05, 4.69) is 20.9 Å². The molecule has 0 atom stereocenters. The number of benzene rings is 2. The Balaban J connectivity index is 2.27. The normalized spacial score (nSPS) is 10.7. The van der Waals surface area contributed by atoms with Crippen LogP contribution in [0.4, 0.5) is 0 Å². The smallest absolute Gasteiger partial charge is 0.128 e. The molecule has 23 heavy (non-hydrogen) atoms. The first-order valence-electron chi connectivity index (χ1n) is 7.14. The van der Waals surface area contributed by atoms with E-state index in [0.717, 1.165) is 10.0 Å². The topological polar surface area (TPSA) is 62.2 Å². The molecule has 0 amide bonds. The number of hydrogen-bond donors (Lipinski definition) is 0. The Morgan fingerprint density at radius 1 is 1.22 bits per heavy atom. The highest BCUT2D eigenvalue weighted by atomic mass is 79.9. The molecule has 0 aliphatic heterocycles. The lowest BCUT2D eigenvalue weighted by molar-refractivity contribution is -0.254. The van der Waals surface area contributed by atoms with Gasteiger partial charge in [0.2, 0.25) is 0 Å². The highest BCUT2D eigenvalue weighted by Crippen LogP contribution is 2.32. The van der Waals surface area contributed by atoms with Gasteiger partial charge >= 0.3 is 0 Å². The van der Waals surface area contributed by atoms with Crippen molar-refractivity contribution in [2.75, 3.05) is 6.61 Å². The summed E-state index contributed by atoms with van der Waals surface area (Å²) < 4.78 is 6.40. The number of fused-ring (bicyclic) bond motifs is 1. The molecule has 3 rings (SSSR count). The summed E-state index contributed by atoms with van der Waals surface area (Å²) in [6.07, 6.45) is 0. The van der Waals surface area contributed by atoms with Gasteiger partial charge in [-0.15, -0.1) is 0 Å². The summed E-state index contributed by atoms with van der Waals surface area (Å²) >= 11 is 3.35. The highest BCUT2D eigenvalue weighted by molar-refractivity contribution is 9.10. The third kappa shape index (κ3) is 3.05. The van der Waals surface area contributed by atoms with Gasteiger partial charge in [-0.3, -0.25) is 0 Å². The first-order valence-corrected chi connectivity index (χ1v) is 7.93. The lowest BCUT2D eigenvalue weighted by Gasteiger charge is -2.13. The summed E-state index contributed by atoms with van der Waals surface area (Å²) in [5.74, 6) is -0.561. The molecular weight excluding hydrogens is 358 g/mol. The van der Waals surface area contributed by atoms with Crippen molar-refractivity contribution in [2.24, 2.45) is 0 Å². The first kappa shape index (κ1) is 15.5. The molecule has 0 fully saturated rings. The second-order valence-corrected chi connectivity index (χ2v) is 5.85. The molecule has 0 saturated heterocycles. The van der Waals surface area contributed by atoms with Crippen LogP contribution in [-0.2, 0) is 0 Å². The average molecular weight is 371 g/mol. The Hall–Kier alpha value is -2.40. The molecular formula is C18H13BrNO3-. The Morgan fingerprint density at radius 2 is 2.00 bits per heavy atom. The lowest BCUT2D eigenvalue weighted by Crippen LogP contribution is -2.22. The van der Waals surface area contributed by atoms with Crippen molar-refractivity contribution >= 4 is 32.8 Å². The number of nitrogens with zero attached hydrogens (tertiary/aromatic N) is 1. The van der Waals surface area contributed by atoms with Gasteiger partial charge in [0.05, 0.1) is 23.8 Å². The molecule has 2 aromatic carbocycles. The standard InChI is InChI=1S/C18H14BrNO3/c1-2-23-17-6-4-3-5-12(17)16-10-14(18(21)22)13-9-11(19)7-8-15(13)20-16/h3-10H,2H2,1H3,(H,21,22)/p-1. The largest absolute Gasteiger partial charge is 0.545 e. The number of ether oxygens (including phenoxy) is 1. The molecule has 1 aromatic heterocycles. The number of pyridine rings is 1. The summed E-state index contributed by atoms with van der Waals surface area (Å²) in [7, 11) is 0. The van der Waals surface area contributed by atoms with Crippen LogP contribution in [0.2, 0.25) is 0 Å². The maximum atomic E-state index is 11.5. The van der Waals surface area contributed by atoms with Gasteiger partial charge in [0.1, 0.15) is 5.75 Å². The van der Waals surface area contributed by atoms with Gasteiger partial charge in [0, 0.05) is 21.0 Å². The van der Waals surface area contributed by atoms with E-state index in [-0.39, 0.29) is 5.56 Å². The van der Waals surface area contributed by atoms with Crippen LogP contribution in [0.25, 0.3) is 22.2 Å². The van der Waals surface area contributed by atoms with Gasteiger partial charge in [-0.2, -0.15) is 0 Å². The van der Waals surface area contributed by atoms with E-state index < -0.39 is 5.97 Å². The van der Waals surface area contributed by atoms with Crippen LogP contribution in [0, 0.1) is 0 Å². The molecule has 3 aromatic rings. The van der Waals surface area contributed by atoms with E-state index in [1.165, 1.54) is 6.07 Å². The Kier molecular flexibility index (Phi) is 4.30. The number of carbonyl (C=O) groups is 1. The fourth-order valence-corrected chi connectivity index (χ4v) is 2.83. The van der Waals surface area contributed by atoms with Crippen molar-refractivity contribution < 1.29 is 14.6 Å².